The number of benzene rings is 1. The average Bonchev–Trinajstić information content (AvgIpc) is 2.40. The number of nitro benzene ring substituents is 1. The minimum absolute atomic E-state index is 0.0559. The lowest BCUT2D eigenvalue weighted by Crippen LogP contribution is -2.01. The van der Waals surface area contributed by atoms with Crippen molar-refractivity contribution in [2.24, 2.45) is 0 Å². The molecule has 0 aliphatic rings. The molecule has 0 saturated carbocycles. The largest absolute Gasteiger partial charge is 0.476 e. The summed E-state index contributed by atoms with van der Waals surface area (Å²) in [6, 6.07) is 5.39. The second-order valence-corrected chi connectivity index (χ2v) is 3.40. The van der Waals surface area contributed by atoms with Gasteiger partial charge in [-0.1, -0.05) is 0 Å². The van der Waals surface area contributed by atoms with Crippen LogP contribution in [0.15, 0.2) is 36.7 Å². The number of rotatable bonds is 4. The molecule has 1 aromatic heterocycles. The summed E-state index contributed by atoms with van der Waals surface area (Å²) < 4.78 is 5.26. The quantitative estimate of drug-likeness (QED) is 0.659. The normalized spacial score (nSPS) is 9.89. The van der Waals surface area contributed by atoms with Gasteiger partial charge < -0.3 is 9.84 Å². The standard InChI is InChI=1S/C11H7N3O5/c15-11(16)9-5-13-10(6-12-9)19-8-3-1-7(2-4-8)14(17)18/h1-6H,(H,15,16). The summed E-state index contributed by atoms with van der Waals surface area (Å²) >= 11 is 0. The molecule has 0 bridgehead atoms. The van der Waals surface area contributed by atoms with E-state index in [0.717, 1.165) is 12.4 Å². The van der Waals surface area contributed by atoms with Crippen LogP contribution in [0.2, 0.25) is 0 Å². The number of aromatic carboxylic acids is 1. The summed E-state index contributed by atoms with van der Waals surface area (Å²) in [5.41, 5.74) is -0.254. The number of hydrogen-bond acceptors (Lipinski definition) is 6. The Hall–Kier alpha value is -3.03. The molecule has 0 aliphatic carbocycles. The molecule has 2 rings (SSSR count). The van der Waals surface area contributed by atoms with Gasteiger partial charge in [0.1, 0.15) is 5.75 Å². The Morgan fingerprint density at radius 2 is 1.89 bits per heavy atom. The molecular weight excluding hydrogens is 254 g/mol. The van der Waals surface area contributed by atoms with Crippen molar-refractivity contribution >= 4 is 11.7 Å². The van der Waals surface area contributed by atoms with Crippen molar-refractivity contribution in [1.29, 1.82) is 0 Å². The number of non-ortho nitro benzene ring substituents is 1. The molecule has 1 aromatic carbocycles. The molecule has 0 fully saturated rings. The number of nitro groups is 1. The van der Waals surface area contributed by atoms with Crippen LogP contribution in [0, 0.1) is 10.1 Å². The van der Waals surface area contributed by atoms with Crippen LogP contribution in [0.5, 0.6) is 11.6 Å². The van der Waals surface area contributed by atoms with Crippen molar-refractivity contribution < 1.29 is 19.6 Å². The lowest BCUT2D eigenvalue weighted by atomic mass is 10.3. The summed E-state index contributed by atoms with van der Waals surface area (Å²) in [4.78, 5) is 27.9. The van der Waals surface area contributed by atoms with Crippen LogP contribution in [0.25, 0.3) is 0 Å². The minimum Gasteiger partial charge on any atom is -0.476 e. The first-order valence-corrected chi connectivity index (χ1v) is 5.04. The van der Waals surface area contributed by atoms with E-state index in [4.69, 9.17) is 9.84 Å². The SMILES string of the molecule is O=C(O)c1cnc(Oc2ccc([N+](=O)[O-])cc2)cn1. The fourth-order valence-electron chi connectivity index (χ4n) is 1.24. The lowest BCUT2D eigenvalue weighted by molar-refractivity contribution is -0.384. The number of carbonyl (C=O) groups is 1. The zero-order chi connectivity index (χ0) is 13.8. The van der Waals surface area contributed by atoms with Gasteiger partial charge in [-0.3, -0.25) is 10.1 Å². The smallest absolute Gasteiger partial charge is 0.356 e. The second kappa shape index (κ2) is 5.08. The lowest BCUT2D eigenvalue weighted by Gasteiger charge is -2.03. The molecule has 0 amide bonds. The van der Waals surface area contributed by atoms with Gasteiger partial charge in [-0.25, -0.2) is 14.8 Å². The van der Waals surface area contributed by atoms with Gasteiger partial charge in [0.2, 0.25) is 5.88 Å². The Morgan fingerprint density at radius 3 is 2.37 bits per heavy atom. The number of aromatic nitrogens is 2. The van der Waals surface area contributed by atoms with Crippen LogP contribution in [0.1, 0.15) is 10.5 Å². The highest BCUT2D eigenvalue weighted by Crippen LogP contribution is 2.21. The van der Waals surface area contributed by atoms with Crippen LogP contribution >= 0.6 is 0 Å². The predicted molar refractivity (Wildman–Crippen MR) is 62.2 cm³/mol. The van der Waals surface area contributed by atoms with E-state index >= 15 is 0 Å². The number of hydrogen-bond donors (Lipinski definition) is 1. The molecule has 96 valence electrons. The summed E-state index contributed by atoms with van der Waals surface area (Å²) in [6.45, 7) is 0. The molecule has 1 heterocycles. The maximum atomic E-state index is 10.6. The van der Waals surface area contributed by atoms with Crippen LogP contribution in [-0.4, -0.2) is 26.0 Å². The third-order valence-electron chi connectivity index (χ3n) is 2.12. The van der Waals surface area contributed by atoms with Crippen molar-refractivity contribution in [3.63, 3.8) is 0 Å². The highest BCUT2D eigenvalue weighted by atomic mass is 16.6. The predicted octanol–water partition coefficient (Wildman–Crippen LogP) is 1.88. The van der Waals surface area contributed by atoms with E-state index in [0.29, 0.717) is 5.75 Å². The first-order valence-electron chi connectivity index (χ1n) is 5.04. The van der Waals surface area contributed by atoms with Crippen molar-refractivity contribution in [3.8, 4) is 11.6 Å². The fraction of sp³-hybridized carbons (Fsp3) is 0. The molecule has 8 nitrogen and oxygen atoms in total. The number of carboxylic acids is 1. The Morgan fingerprint density at radius 1 is 1.21 bits per heavy atom. The number of ether oxygens (including phenoxy) is 1. The zero-order valence-corrected chi connectivity index (χ0v) is 9.39. The van der Waals surface area contributed by atoms with Crippen LogP contribution in [0.3, 0.4) is 0 Å². The summed E-state index contributed by atoms with van der Waals surface area (Å²) in [5.74, 6) is -0.754. The van der Waals surface area contributed by atoms with Crippen molar-refractivity contribution in [2.45, 2.75) is 0 Å². The molecule has 0 atom stereocenters. The maximum absolute atomic E-state index is 10.6. The highest BCUT2D eigenvalue weighted by molar-refractivity contribution is 5.84. The van der Waals surface area contributed by atoms with E-state index < -0.39 is 10.9 Å². The molecule has 2 aromatic rings. The van der Waals surface area contributed by atoms with E-state index in [1.54, 1.807) is 0 Å². The van der Waals surface area contributed by atoms with Crippen LogP contribution in [0.4, 0.5) is 5.69 Å². The van der Waals surface area contributed by atoms with E-state index in [9.17, 15) is 14.9 Å². The van der Waals surface area contributed by atoms with Gasteiger partial charge in [-0.05, 0) is 12.1 Å². The third-order valence-corrected chi connectivity index (χ3v) is 2.12. The van der Waals surface area contributed by atoms with E-state index in [1.807, 2.05) is 0 Å². The average molecular weight is 261 g/mol. The summed E-state index contributed by atoms with van der Waals surface area (Å²) in [7, 11) is 0. The third kappa shape index (κ3) is 3.00. The topological polar surface area (TPSA) is 115 Å². The zero-order valence-electron chi connectivity index (χ0n) is 9.39. The number of carboxylic acid groups (broad SMARTS) is 1. The number of nitrogens with zero attached hydrogens (tertiary/aromatic N) is 3. The monoisotopic (exact) mass is 261 g/mol. The van der Waals surface area contributed by atoms with E-state index in [2.05, 4.69) is 9.97 Å². The van der Waals surface area contributed by atoms with Crippen LogP contribution < -0.4 is 4.74 Å². The summed E-state index contributed by atoms with van der Waals surface area (Å²) in [5, 5.41) is 19.1. The molecule has 19 heavy (non-hydrogen) atoms. The van der Waals surface area contributed by atoms with Gasteiger partial charge in [-0.15, -0.1) is 0 Å². The van der Waals surface area contributed by atoms with Gasteiger partial charge in [-0.2, -0.15) is 0 Å². The molecule has 0 aliphatic heterocycles. The Bertz CT molecular complexity index is 554. The van der Waals surface area contributed by atoms with E-state index in [-0.39, 0.29) is 17.3 Å². The van der Waals surface area contributed by atoms with E-state index in [1.165, 1.54) is 24.3 Å². The van der Waals surface area contributed by atoms with Gasteiger partial charge in [0.05, 0.1) is 17.3 Å². The van der Waals surface area contributed by atoms with Crippen LogP contribution in [-0.2, 0) is 0 Å². The first-order chi connectivity index (χ1) is 9.06. The summed E-state index contributed by atoms with van der Waals surface area (Å²) in [6.07, 6.45) is 2.22. The molecule has 8 heteroatoms. The molecule has 0 saturated heterocycles. The Kier molecular flexibility index (Phi) is 3.33. The first kappa shape index (κ1) is 12.4. The second-order valence-electron chi connectivity index (χ2n) is 3.40. The van der Waals surface area contributed by atoms with Gasteiger partial charge in [0.15, 0.2) is 5.69 Å². The van der Waals surface area contributed by atoms with Crippen molar-refractivity contribution in [1.82, 2.24) is 9.97 Å². The Labute approximate surface area is 106 Å². The van der Waals surface area contributed by atoms with Gasteiger partial charge in [0, 0.05) is 12.1 Å². The fourth-order valence-corrected chi connectivity index (χ4v) is 1.24. The Balaban J connectivity index is 2.12. The molecule has 1 N–H and O–H groups in total. The minimum atomic E-state index is -1.19. The van der Waals surface area contributed by atoms with Crippen molar-refractivity contribution in [2.75, 3.05) is 0 Å². The van der Waals surface area contributed by atoms with Gasteiger partial charge in [0.25, 0.3) is 5.69 Å². The molecule has 0 radical (unpaired) electrons. The molecule has 0 spiro atoms. The molecular formula is C11H7N3O5. The van der Waals surface area contributed by atoms with Gasteiger partial charge >= 0.3 is 5.97 Å². The highest BCUT2D eigenvalue weighted by Gasteiger charge is 2.07. The molecule has 0 unspecified atom stereocenters. The van der Waals surface area contributed by atoms with Crippen molar-refractivity contribution in [3.05, 3.63) is 52.5 Å². The maximum Gasteiger partial charge on any atom is 0.356 e.